The van der Waals surface area contributed by atoms with Crippen LogP contribution in [0.4, 0.5) is 4.39 Å². The number of hydrogen-bond donors (Lipinski definition) is 1. The molecule has 0 unspecified atom stereocenters. The van der Waals surface area contributed by atoms with Crippen LogP contribution >= 0.6 is 11.3 Å². The van der Waals surface area contributed by atoms with Crippen molar-refractivity contribution < 1.29 is 9.13 Å². The predicted octanol–water partition coefficient (Wildman–Crippen LogP) is 5.07. The van der Waals surface area contributed by atoms with E-state index in [1.165, 1.54) is 17.4 Å². The van der Waals surface area contributed by atoms with Gasteiger partial charge in [0.05, 0.1) is 16.6 Å². The average Bonchev–Trinajstić information content (AvgIpc) is 3.20. The molecule has 0 spiro atoms. The van der Waals surface area contributed by atoms with Crippen LogP contribution in [0.5, 0.6) is 5.19 Å². The summed E-state index contributed by atoms with van der Waals surface area (Å²) in [5, 5.41) is 9.25. The number of halogens is 1. The molecule has 3 aromatic heterocycles. The first-order valence-corrected chi connectivity index (χ1v) is 11.2. The number of ether oxygens (including phenoxy) is 1. The topological polar surface area (TPSA) is 64.9 Å². The summed E-state index contributed by atoms with van der Waals surface area (Å²) in [6.45, 7) is 8.82. The second-order valence-corrected chi connectivity index (χ2v) is 10.7. The molecule has 0 saturated carbocycles. The zero-order valence-electron chi connectivity index (χ0n) is 18.4. The number of piperidine rings is 1. The minimum atomic E-state index is -0.348. The first kappa shape index (κ1) is 20.3. The van der Waals surface area contributed by atoms with E-state index in [1.54, 1.807) is 24.1 Å². The van der Waals surface area contributed by atoms with E-state index in [0.29, 0.717) is 16.4 Å². The second-order valence-electron chi connectivity index (χ2n) is 9.76. The van der Waals surface area contributed by atoms with Crippen molar-refractivity contribution in [3.8, 4) is 16.5 Å². The normalized spacial score (nSPS) is 18.6. The molecule has 1 N–H and O–H groups in total. The molecule has 0 radical (unpaired) electrons. The van der Waals surface area contributed by atoms with Gasteiger partial charge in [0.25, 0.3) is 5.19 Å². The van der Waals surface area contributed by atoms with Crippen molar-refractivity contribution >= 4 is 32.5 Å². The predicted molar refractivity (Wildman–Crippen MR) is 122 cm³/mol. The summed E-state index contributed by atoms with van der Waals surface area (Å²) < 4.78 is 23.4. The zero-order chi connectivity index (χ0) is 22.0. The molecule has 1 fully saturated rings. The van der Waals surface area contributed by atoms with Crippen LogP contribution in [-0.4, -0.2) is 36.9 Å². The Balaban J connectivity index is 1.44. The van der Waals surface area contributed by atoms with Gasteiger partial charge in [-0.05, 0) is 45.9 Å². The van der Waals surface area contributed by atoms with Crippen LogP contribution in [0.15, 0.2) is 30.6 Å². The SMILES string of the molecule is Cn1cc2cc(-c3cc4sc(OC5CC(C)(C)NC(C)(C)C5)nc4cn3)cc(F)c2n1. The van der Waals surface area contributed by atoms with Crippen molar-refractivity contribution in [1.29, 1.82) is 0 Å². The third-order valence-electron chi connectivity index (χ3n) is 5.65. The van der Waals surface area contributed by atoms with Crippen LogP contribution in [0.2, 0.25) is 0 Å². The highest BCUT2D eigenvalue weighted by Crippen LogP contribution is 2.35. The van der Waals surface area contributed by atoms with E-state index in [4.69, 9.17) is 4.74 Å². The largest absolute Gasteiger partial charge is 0.467 e. The number of aromatic nitrogens is 4. The third kappa shape index (κ3) is 4.02. The molecule has 1 aliphatic heterocycles. The number of rotatable bonds is 3. The third-order valence-corrected chi connectivity index (χ3v) is 6.56. The maximum Gasteiger partial charge on any atom is 0.274 e. The Labute approximate surface area is 184 Å². The van der Waals surface area contributed by atoms with Crippen molar-refractivity contribution in [3.05, 3.63) is 36.4 Å². The van der Waals surface area contributed by atoms with Gasteiger partial charge >= 0.3 is 0 Å². The van der Waals surface area contributed by atoms with Crippen LogP contribution < -0.4 is 10.1 Å². The van der Waals surface area contributed by atoms with Crippen LogP contribution in [0, 0.1) is 5.82 Å². The molecule has 0 amide bonds. The van der Waals surface area contributed by atoms with Crippen LogP contribution in [0.1, 0.15) is 40.5 Å². The van der Waals surface area contributed by atoms with Gasteiger partial charge < -0.3 is 10.1 Å². The molecule has 8 heteroatoms. The maximum absolute atomic E-state index is 14.5. The van der Waals surface area contributed by atoms with Crippen molar-refractivity contribution in [3.63, 3.8) is 0 Å². The van der Waals surface area contributed by atoms with Gasteiger partial charge in [-0.2, -0.15) is 5.10 Å². The molecule has 0 atom stereocenters. The molecule has 162 valence electrons. The summed E-state index contributed by atoms with van der Waals surface area (Å²) in [5.41, 5.74) is 2.60. The smallest absolute Gasteiger partial charge is 0.274 e. The summed E-state index contributed by atoms with van der Waals surface area (Å²) in [6, 6.07) is 5.35. The van der Waals surface area contributed by atoms with E-state index in [0.717, 1.165) is 34.0 Å². The highest BCUT2D eigenvalue weighted by atomic mass is 32.1. The van der Waals surface area contributed by atoms with Crippen molar-refractivity contribution in [2.45, 2.75) is 57.7 Å². The van der Waals surface area contributed by atoms with E-state index in [2.05, 4.69) is 48.1 Å². The van der Waals surface area contributed by atoms with Gasteiger partial charge in [0.1, 0.15) is 17.1 Å². The fourth-order valence-electron chi connectivity index (χ4n) is 4.83. The minimum Gasteiger partial charge on any atom is -0.467 e. The number of nitrogens with one attached hydrogen (secondary N) is 1. The summed E-state index contributed by atoms with van der Waals surface area (Å²) >= 11 is 1.51. The summed E-state index contributed by atoms with van der Waals surface area (Å²) in [6.07, 6.45) is 5.47. The Morgan fingerprint density at radius 3 is 2.65 bits per heavy atom. The number of thiazole rings is 1. The van der Waals surface area contributed by atoms with Crippen molar-refractivity contribution in [2.75, 3.05) is 0 Å². The van der Waals surface area contributed by atoms with Gasteiger partial charge in [-0.3, -0.25) is 9.67 Å². The lowest BCUT2D eigenvalue weighted by molar-refractivity contribution is 0.0559. The Morgan fingerprint density at radius 1 is 1.16 bits per heavy atom. The molecule has 6 nitrogen and oxygen atoms in total. The van der Waals surface area contributed by atoms with E-state index in [9.17, 15) is 4.39 Å². The van der Waals surface area contributed by atoms with E-state index in [1.807, 2.05) is 12.1 Å². The first-order valence-electron chi connectivity index (χ1n) is 10.4. The van der Waals surface area contributed by atoms with Gasteiger partial charge in [0, 0.05) is 48.1 Å². The standard InChI is InChI=1S/C23H26FN5OS/c1-22(2)9-15(10-23(3,4)28-22)30-21-26-18-11-25-17(8-19(18)31-21)13-6-14-12-29(5)27-20(14)16(24)7-13/h6-8,11-12,15,28H,9-10H2,1-5H3. The molecule has 31 heavy (non-hydrogen) atoms. The van der Waals surface area contributed by atoms with Gasteiger partial charge in [-0.25, -0.2) is 9.37 Å². The van der Waals surface area contributed by atoms with Gasteiger partial charge in [-0.1, -0.05) is 11.3 Å². The zero-order valence-corrected chi connectivity index (χ0v) is 19.2. The quantitative estimate of drug-likeness (QED) is 0.483. The maximum atomic E-state index is 14.5. The van der Waals surface area contributed by atoms with Gasteiger partial charge in [-0.15, -0.1) is 0 Å². The summed E-state index contributed by atoms with van der Waals surface area (Å²) in [7, 11) is 1.78. The first-order chi connectivity index (χ1) is 14.6. The number of fused-ring (bicyclic) bond motifs is 2. The molecule has 5 rings (SSSR count). The van der Waals surface area contributed by atoms with E-state index < -0.39 is 0 Å². The number of benzene rings is 1. The second kappa shape index (κ2) is 6.97. The molecule has 0 aliphatic carbocycles. The molecule has 1 saturated heterocycles. The van der Waals surface area contributed by atoms with Crippen molar-refractivity contribution in [1.82, 2.24) is 25.1 Å². The van der Waals surface area contributed by atoms with Crippen LogP contribution in [-0.2, 0) is 7.05 Å². The summed E-state index contributed by atoms with van der Waals surface area (Å²) in [4.78, 5) is 9.16. The molecular formula is C23H26FN5OS. The highest BCUT2D eigenvalue weighted by Gasteiger charge is 2.39. The minimum absolute atomic E-state index is 0.00678. The molecule has 1 aliphatic rings. The lowest BCUT2D eigenvalue weighted by Crippen LogP contribution is -2.60. The molecule has 4 aromatic rings. The number of hydrogen-bond acceptors (Lipinski definition) is 6. The summed E-state index contributed by atoms with van der Waals surface area (Å²) in [5.74, 6) is -0.348. The van der Waals surface area contributed by atoms with Crippen LogP contribution in [0.3, 0.4) is 0 Å². The lowest BCUT2D eigenvalue weighted by Gasteiger charge is -2.45. The molecule has 1 aromatic carbocycles. The average molecular weight is 440 g/mol. The fraction of sp³-hybridized carbons (Fsp3) is 0.435. The molecular weight excluding hydrogens is 413 g/mol. The van der Waals surface area contributed by atoms with Crippen LogP contribution in [0.25, 0.3) is 32.4 Å². The van der Waals surface area contributed by atoms with E-state index >= 15 is 0 Å². The Morgan fingerprint density at radius 2 is 1.90 bits per heavy atom. The van der Waals surface area contributed by atoms with E-state index in [-0.39, 0.29) is 23.0 Å². The molecule has 4 heterocycles. The monoisotopic (exact) mass is 439 g/mol. The number of nitrogens with zero attached hydrogens (tertiary/aromatic N) is 4. The Hall–Kier alpha value is -2.58. The highest BCUT2D eigenvalue weighted by molar-refractivity contribution is 7.20. The Kier molecular flexibility index (Phi) is 4.57. The lowest BCUT2D eigenvalue weighted by atomic mass is 9.81. The Bertz CT molecular complexity index is 1280. The number of aryl methyl sites for hydroxylation is 1. The number of pyridine rings is 1. The van der Waals surface area contributed by atoms with Gasteiger partial charge in [0.15, 0.2) is 5.82 Å². The molecule has 0 bridgehead atoms. The van der Waals surface area contributed by atoms with Gasteiger partial charge in [0.2, 0.25) is 0 Å². The van der Waals surface area contributed by atoms with Crippen molar-refractivity contribution in [2.24, 2.45) is 7.05 Å². The fourth-order valence-corrected chi connectivity index (χ4v) is 5.72.